The Bertz CT molecular complexity index is 661. The van der Waals surface area contributed by atoms with Gasteiger partial charge in [0.05, 0.1) is 19.3 Å². The van der Waals surface area contributed by atoms with Crippen molar-refractivity contribution in [2.24, 2.45) is 0 Å². The summed E-state index contributed by atoms with van der Waals surface area (Å²) in [5.74, 6) is 0. The molecular formula is C12H17N3O3S2. The zero-order valence-electron chi connectivity index (χ0n) is 11.1. The van der Waals surface area contributed by atoms with Crippen LogP contribution >= 0.6 is 11.3 Å². The van der Waals surface area contributed by atoms with Crippen LogP contribution in [0, 0.1) is 0 Å². The van der Waals surface area contributed by atoms with Gasteiger partial charge in [-0.15, -0.1) is 11.3 Å². The van der Waals surface area contributed by atoms with Crippen LogP contribution in [0.1, 0.15) is 17.4 Å². The van der Waals surface area contributed by atoms with Gasteiger partial charge in [-0.25, -0.2) is 13.1 Å². The first kappa shape index (κ1) is 15.2. The molecule has 2 rings (SSSR count). The Kier molecular flexibility index (Phi) is 4.92. The molecule has 0 spiro atoms. The second-order valence-corrected chi connectivity index (χ2v) is 6.98. The van der Waals surface area contributed by atoms with Gasteiger partial charge in [-0.05, 0) is 23.4 Å². The molecule has 0 amide bonds. The number of hydrogen-bond donors (Lipinski definition) is 2. The van der Waals surface area contributed by atoms with E-state index in [-0.39, 0.29) is 24.6 Å². The second-order valence-electron chi connectivity index (χ2n) is 4.21. The molecule has 0 bridgehead atoms. The smallest absolute Gasteiger partial charge is 0.244 e. The van der Waals surface area contributed by atoms with E-state index in [1.54, 1.807) is 11.3 Å². The largest absolute Gasteiger partial charge is 0.394 e. The lowest BCUT2D eigenvalue weighted by molar-refractivity contribution is 0.269. The molecule has 20 heavy (non-hydrogen) atoms. The highest BCUT2D eigenvalue weighted by Crippen LogP contribution is 2.18. The number of hydrogen-bond acceptors (Lipinski definition) is 5. The Balaban J connectivity index is 2.07. The lowest BCUT2D eigenvalue weighted by Gasteiger charge is -2.05. The Morgan fingerprint density at radius 2 is 2.30 bits per heavy atom. The monoisotopic (exact) mass is 315 g/mol. The molecule has 0 radical (unpaired) electrons. The number of aliphatic hydroxyl groups excluding tert-OH is 1. The average molecular weight is 315 g/mol. The average Bonchev–Trinajstić information content (AvgIpc) is 3.05. The molecular weight excluding hydrogens is 298 g/mol. The summed E-state index contributed by atoms with van der Waals surface area (Å²) in [6, 6.07) is 2.01. The van der Waals surface area contributed by atoms with Crippen molar-refractivity contribution in [2.45, 2.75) is 31.3 Å². The summed E-state index contributed by atoms with van der Waals surface area (Å²) in [4.78, 5) is 1.14. The van der Waals surface area contributed by atoms with Crippen LogP contribution < -0.4 is 4.72 Å². The van der Waals surface area contributed by atoms with Gasteiger partial charge < -0.3 is 5.11 Å². The lowest BCUT2D eigenvalue weighted by Crippen LogP contribution is -2.22. The topological polar surface area (TPSA) is 84.2 Å². The zero-order chi connectivity index (χ0) is 14.6. The fourth-order valence-corrected chi connectivity index (χ4v) is 3.74. The summed E-state index contributed by atoms with van der Waals surface area (Å²) < 4.78 is 28.2. The van der Waals surface area contributed by atoms with Gasteiger partial charge >= 0.3 is 0 Å². The predicted molar refractivity (Wildman–Crippen MR) is 77.0 cm³/mol. The van der Waals surface area contributed by atoms with Crippen molar-refractivity contribution in [3.8, 4) is 0 Å². The Morgan fingerprint density at radius 3 is 3.00 bits per heavy atom. The number of rotatable bonds is 7. The standard InChI is InChI=1S/C12H17N3O3S2/c1-2-10-3-6-19-12(10)8-14-20(17,18)11-7-13-15(9-11)4-5-16/h3,6-7,9,14,16H,2,4-5,8H2,1H3. The van der Waals surface area contributed by atoms with Crippen molar-refractivity contribution in [3.63, 3.8) is 0 Å². The first-order chi connectivity index (χ1) is 9.56. The van der Waals surface area contributed by atoms with Crippen molar-refractivity contribution in [3.05, 3.63) is 34.3 Å². The van der Waals surface area contributed by atoms with Gasteiger partial charge in [0.15, 0.2) is 0 Å². The van der Waals surface area contributed by atoms with Crippen LogP contribution in [0.5, 0.6) is 0 Å². The van der Waals surface area contributed by atoms with E-state index >= 15 is 0 Å². The van der Waals surface area contributed by atoms with Gasteiger partial charge in [-0.1, -0.05) is 6.92 Å². The summed E-state index contributed by atoms with van der Waals surface area (Å²) in [6.45, 7) is 2.53. The fraction of sp³-hybridized carbons (Fsp3) is 0.417. The second kappa shape index (κ2) is 6.49. The van der Waals surface area contributed by atoms with Crippen LogP contribution in [0.4, 0.5) is 0 Å². The van der Waals surface area contributed by atoms with E-state index in [0.29, 0.717) is 0 Å². The summed E-state index contributed by atoms with van der Waals surface area (Å²) >= 11 is 1.54. The Morgan fingerprint density at radius 1 is 1.50 bits per heavy atom. The molecule has 2 heterocycles. The maximum atomic E-state index is 12.1. The van der Waals surface area contributed by atoms with Crippen LogP contribution in [0.25, 0.3) is 0 Å². The maximum Gasteiger partial charge on any atom is 0.244 e. The van der Waals surface area contributed by atoms with E-state index in [9.17, 15) is 8.42 Å². The molecule has 0 unspecified atom stereocenters. The third-order valence-electron chi connectivity index (χ3n) is 2.89. The van der Waals surface area contributed by atoms with Gasteiger partial charge in [-0.2, -0.15) is 5.10 Å². The molecule has 2 aromatic heterocycles. The molecule has 0 aliphatic rings. The minimum Gasteiger partial charge on any atom is -0.394 e. The van der Waals surface area contributed by atoms with Gasteiger partial charge in [0.2, 0.25) is 10.0 Å². The highest BCUT2D eigenvalue weighted by molar-refractivity contribution is 7.89. The van der Waals surface area contributed by atoms with Crippen molar-refractivity contribution in [2.75, 3.05) is 6.61 Å². The number of aliphatic hydroxyl groups is 1. The maximum absolute atomic E-state index is 12.1. The fourth-order valence-electron chi connectivity index (χ4n) is 1.79. The van der Waals surface area contributed by atoms with Crippen LogP contribution in [0.15, 0.2) is 28.7 Å². The van der Waals surface area contributed by atoms with Crippen molar-refractivity contribution in [1.29, 1.82) is 0 Å². The van der Waals surface area contributed by atoms with Crippen LogP contribution in [0.3, 0.4) is 0 Å². The number of nitrogens with zero attached hydrogens (tertiary/aromatic N) is 2. The Hall–Kier alpha value is -1.22. The molecule has 2 aromatic rings. The summed E-state index contributed by atoms with van der Waals surface area (Å²) in [6.07, 6.45) is 3.58. The lowest BCUT2D eigenvalue weighted by atomic mass is 10.2. The van der Waals surface area contributed by atoms with Gasteiger partial charge in [-0.3, -0.25) is 4.68 Å². The summed E-state index contributed by atoms with van der Waals surface area (Å²) in [7, 11) is -3.57. The van der Waals surface area contributed by atoms with Crippen molar-refractivity contribution in [1.82, 2.24) is 14.5 Å². The number of nitrogens with one attached hydrogen (secondary N) is 1. The normalized spacial score (nSPS) is 11.9. The molecule has 0 aliphatic heterocycles. The number of sulfonamides is 1. The number of thiophene rings is 1. The van der Waals surface area contributed by atoms with Gasteiger partial charge in [0, 0.05) is 17.6 Å². The molecule has 0 aromatic carbocycles. The van der Waals surface area contributed by atoms with E-state index < -0.39 is 10.0 Å². The summed E-state index contributed by atoms with van der Waals surface area (Å²) in [5.41, 5.74) is 1.16. The predicted octanol–water partition coefficient (Wildman–Crippen LogP) is 0.978. The highest BCUT2D eigenvalue weighted by atomic mass is 32.2. The molecule has 110 valence electrons. The van der Waals surface area contributed by atoms with E-state index in [1.165, 1.54) is 17.1 Å². The quantitative estimate of drug-likeness (QED) is 0.797. The molecule has 8 heteroatoms. The first-order valence-electron chi connectivity index (χ1n) is 6.25. The van der Waals surface area contributed by atoms with E-state index in [0.717, 1.165) is 16.9 Å². The minimum atomic E-state index is -3.57. The van der Waals surface area contributed by atoms with E-state index in [4.69, 9.17) is 5.11 Å². The first-order valence-corrected chi connectivity index (χ1v) is 8.61. The molecule has 0 atom stereocenters. The molecule has 0 fully saturated rings. The van der Waals surface area contributed by atoms with Crippen LogP contribution in [0.2, 0.25) is 0 Å². The molecule has 0 saturated carbocycles. The van der Waals surface area contributed by atoms with E-state index in [1.807, 2.05) is 18.4 Å². The van der Waals surface area contributed by atoms with E-state index in [2.05, 4.69) is 9.82 Å². The van der Waals surface area contributed by atoms with Gasteiger partial charge in [0.25, 0.3) is 0 Å². The van der Waals surface area contributed by atoms with Crippen LogP contribution in [-0.4, -0.2) is 29.9 Å². The van der Waals surface area contributed by atoms with Gasteiger partial charge in [0.1, 0.15) is 4.90 Å². The minimum absolute atomic E-state index is 0.0797. The number of aryl methyl sites for hydroxylation is 1. The van der Waals surface area contributed by atoms with Crippen molar-refractivity contribution < 1.29 is 13.5 Å². The Labute approximate surface area is 122 Å². The van der Waals surface area contributed by atoms with Crippen molar-refractivity contribution >= 4 is 21.4 Å². The highest BCUT2D eigenvalue weighted by Gasteiger charge is 2.17. The number of aromatic nitrogens is 2. The van der Waals surface area contributed by atoms with Crippen LogP contribution in [-0.2, 0) is 29.5 Å². The molecule has 0 aliphatic carbocycles. The molecule has 2 N–H and O–H groups in total. The summed E-state index contributed by atoms with van der Waals surface area (Å²) in [5, 5.41) is 14.6. The third-order valence-corrected chi connectivity index (χ3v) is 5.21. The molecule has 6 nitrogen and oxygen atoms in total. The molecule has 0 saturated heterocycles. The SMILES string of the molecule is CCc1ccsc1CNS(=O)(=O)c1cnn(CCO)c1. The third kappa shape index (κ3) is 3.45. The zero-order valence-corrected chi connectivity index (χ0v) is 12.7.